The van der Waals surface area contributed by atoms with Gasteiger partial charge in [-0.15, -0.1) is 11.6 Å². The molecule has 1 fully saturated rings. The van der Waals surface area contributed by atoms with Crippen LogP contribution in [0, 0.1) is 17.1 Å². The average Bonchev–Trinajstić information content (AvgIpc) is 2.50. The molecule has 0 spiro atoms. The van der Waals surface area contributed by atoms with Crippen LogP contribution in [-0.4, -0.2) is 47.8 Å². The van der Waals surface area contributed by atoms with Gasteiger partial charge in [-0.3, -0.25) is 9.69 Å². The highest BCUT2D eigenvalue weighted by atomic mass is 35.5. The van der Waals surface area contributed by atoms with Gasteiger partial charge in [0.15, 0.2) is 0 Å². The number of halogens is 2. The van der Waals surface area contributed by atoms with E-state index in [-0.39, 0.29) is 17.6 Å². The number of benzene rings is 1. The molecule has 0 bridgehead atoms. The minimum Gasteiger partial charge on any atom is -0.339 e. The largest absolute Gasteiger partial charge is 0.339 e. The van der Waals surface area contributed by atoms with Crippen LogP contribution >= 0.6 is 11.6 Å². The lowest BCUT2D eigenvalue weighted by atomic mass is 10.1. The van der Waals surface area contributed by atoms with E-state index in [0.717, 1.165) is 5.56 Å². The van der Waals surface area contributed by atoms with E-state index < -0.39 is 6.04 Å². The summed E-state index contributed by atoms with van der Waals surface area (Å²) < 4.78 is 12.9. The molecule has 106 valence electrons. The van der Waals surface area contributed by atoms with Gasteiger partial charge in [0.25, 0.3) is 0 Å². The van der Waals surface area contributed by atoms with Gasteiger partial charge < -0.3 is 4.90 Å². The van der Waals surface area contributed by atoms with E-state index >= 15 is 0 Å². The zero-order valence-corrected chi connectivity index (χ0v) is 11.7. The third-order valence-electron chi connectivity index (χ3n) is 3.45. The topological polar surface area (TPSA) is 47.3 Å². The van der Waals surface area contributed by atoms with E-state index in [1.807, 2.05) is 4.90 Å². The van der Waals surface area contributed by atoms with Gasteiger partial charge in [0.1, 0.15) is 17.7 Å². The second-order valence-corrected chi connectivity index (χ2v) is 4.90. The maximum absolute atomic E-state index is 12.9. The molecule has 1 atom stereocenters. The second-order valence-electron chi connectivity index (χ2n) is 4.63. The monoisotopic (exact) mass is 295 g/mol. The van der Waals surface area contributed by atoms with Gasteiger partial charge in [-0.25, -0.2) is 4.39 Å². The van der Waals surface area contributed by atoms with Crippen LogP contribution in [0.1, 0.15) is 11.6 Å². The van der Waals surface area contributed by atoms with Gasteiger partial charge in [0.2, 0.25) is 5.91 Å². The first kappa shape index (κ1) is 14.8. The van der Waals surface area contributed by atoms with Crippen molar-refractivity contribution in [1.82, 2.24) is 9.80 Å². The maximum atomic E-state index is 12.9. The Morgan fingerprint density at radius 1 is 1.30 bits per heavy atom. The Balaban J connectivity index is 2.02. The summed E-state index contributed by atoms with van der Waals surface area (Å²) in [4.78, 5) is 15.2. The van der Waals surface area contributed by atoms with Crippen LogP contribution < -0.4 is 0 Å². The SMILES string of the molecule is N#CC(c1ccc(F)cc1)N1CCN(C(=O)CCl)CC1. The molecule has 20 heavy (non-hydrogen) atoms. The van der Waals surface area contributed by atoms with Crippen LogP contribution in [0.2, 0.25) is 0 Å². The van der Waals surface area contributed by atoms with Crippen molar-refractivity contribution in [3.8, 4) is 6.07 Å². The number of carbonyl (C=O) groups excluding carboxylic acids is 1. The third-order valence-corrected chi connectivity index (χ3v) is 3.68. The van der Waals surface area contributed by atoms with Gasteiger partial charge in [-0.2, -0.15) is 5.26 Å². The molecule has 6 heteroatoms. The van der Waals surface area contributed by atoms with Crippen molar-refractivity contribution < 1.29 is 9.18 Å². The Hall–Kier alpha value is -1.64. The van der Waals surface area contributed by atoms with Gasteiger partial charge in [-0.05, 0) is 17.7 Å². The summed E-state index contributed by atoms with van der Waals surface area (Å²) in [5.74, 6) is -0.413. The summed E-state index contributed by atoms with van der Waals surface area (Å²) in [5, 5.41) is 9.34. The number of carbonyl (C=O) groups is 1. The predicted octanol–water partition coefficient (Wildman–Crippen LogP) is 1.77. The number of hydrogen-bond acceptors (Lipinski definition) is 3. The zero-order chi connectivity index (χ0) is 14.5. The van der Waals surface area contributed by atoms with Gasteiger partial charge in [0.05, 0.1) is 6.07 Å². The molecule has 1 aromatic rings. The van der Waals surface area contributed by atoms with Crippen LogP contribution in [0.4, 0.5) is 4.39 Å². The van der Waals surface area contributed by atoms with Crippen LogP contribution in [0.3, 0.4) is 0 Å². The summed E-state index contributed by atoms with van der Waals surface area (Å²) in [6, 6.07) is 7.78. The fraction of sp³-hybridized carbons (Fsp3) is 0.429. The van der Waals surface area contributed by atoms with Crippen LogP contribution in [0.15, 0.2) is 24.3 Å². The Morgan fingerprint density at radius 3 is 2.40 bits per heavy atom. The molecule has 1 saturated heterocycles. The van der Waals surface area contributed by atoms with E-state index in [1.165, 1.54) is 12.1 Å². The minimum absolute atomic E-state index is 0.0142. The van der Waals surface area contributed by atoms with Gasteiger partial charge in [-0.1, -0.05) is 12.1 Å². The molecule has 0 radical (unpaired) electrons. The highest BCUT2D eigenvalue weighted by molar-refractivity contribution is 6.27. The first-order valence-electron chi connectivity index (χ1n) is 6.38. The molecule has 1 aliphatic rings. The number of hydrogen-bond donors (Lipinski definition) is 0. The smallest absolute Gasteiger partial charge is 0.237 e. The Kier molecular flexibility index (Phi) is 4.94. The molecule has 0 aromatic heterocycles. The summed E-state index contributed by atoms with van der Waals surface area (Å²) in [5.41, 5.74) is 0.769. The standard InChI is InChI=1S/C14H15ClFN3O/c15-9-14(20)19-7-5-18(6-8-19)13(10-17)11-1-3-12(16)4-2-11/h1-4,13H,5-9H2. The normalized spacial score (nSPS) is 17.6. The number of piperazine rings is 1. The number of rotatable bonds is 3. The highest BCUT2D eigenvalue weighted by Gasteiger charge is 2.26. The molecular weight excluding hydrogens is 281 g/mol. The van der Waals surface area contributed by atoms with Crippen LogP contribution in [0.5, 0.6) is 0 Å². The quantitative estimate of drug-likeness (QED) is 0.799. The lowest BCUT2D eigenvalue weighted by Crippen LogP contribution is -2.49. The van der Waals surface area contributed by atoms with Crippen LogP contribution in [-0.2, 0) is 4.79 Å². The van der Waals surface area contributed by atoms with Crippen molar-refractivity contribution in [3.63, 3.8) is 0 Å². The zero-order valence-electron chi connectivity index (χ0n) is 10.9. The fourth-order valence-electron chi connectivity index (χ4n) is 2.33. The Labute approximate surface area is 122 Å². The third kappa shape index (κ3) is 3.27. The molecule has 1 aliphatic heterocycles. The van der Waals surface area contributed by atoms with Crippen molar-refractivity contribution in [1.29, 1.82) is 5.26 Å². The molecule has 1 unspecified atom stereocenters. The molecule has 2 rings (SSSR count). The van der Waals surface area contributed by atoms with Crippen molar-refractivity contribution in [2.75, 3.05) is 32.1 Å². The van der Waals surface area contributed by atoms with E-state index in [4.69, 9.17) is 11.6 Å². The number of amides is 1. The summed E-state index contributed by atoms with van der Waals surface area (Å²) in [6.07, 6.45) is 0. The second kappa shape index (κ2) is 6.69. The lowest BCUT2D eigenvalue weighted by molar-refractivity contribution is -0.130. The van der Waals surface area contributed by atoms with E-state index in [2.05, 4.69) is 6.07 Å². The average molecular weight is 296 g/mol. The van der Waals surface area contributed by atoms with Crippen molar-refractivity contribution in [3.05, 3.63) is 35.6 Å². The van der Waals surface area contributed by atoms with Gasteiger partial charge >= 0.3 is 0 Å². The Bertz CT molecular complexity index is 506. The summed E-state index contributed by atoms with van der Waals surface area (Å²) in [7, 11) is 0. The van der Waals surface area contributed by atoms with Crippen molar-refractivity contribution in [2.24, 2.45) is 0 Å². The van der Waals surface area contributed by atoms with Crippen molar-refractivity contribution >= 4 is 17.5 Å². The lowest BCUT2D eigenvalue weighted by Gasteiger charge is -2.36. The molecule has 0 N–H and O–H groups in total. The fourth-order valence-corrected chi connectivity index (χ4v) is 2.50. The van der Waals surface area contributed by atoms with Gasteiger partial charge in [0, 0.05) is 26.2 Å². The Morgan fingerprint density at radius 2 is 1.90 bits per heavy atom. The van der Waals surface area contributed by atoms with Crippen molar-refractivity contribution in [2.45, 2.75) is 6.04 Å². The molecule has 1 amide bonds. The first-order valence-corrected chi connectivity index (χ1v) is 6.92. The molecule has 0 aliphatic carbocycles. The highest BCUT2D eigenvalue weighted by Crippen LogP contribution is 2.21. The molecule has 0 saturated carbocycles. The predicted molar refractivity (Wildman–Crippen MR) is 73.6 cm³/mol. The molecular formula is C14H15ClFN3O. The summed E-state index contributed by atoms with van der Waals surface area (Å²) in [6.45, 7) is 2.34. The molecule has 1 heterocycles. The first-order chi connectivity index (χ1) is 9.65. The molecule has 4 nitrogen and oxygen atoms in total. The van der Waals surface area contributed by atoms with Crippen LogP contribution in [0.25, 0.3) is 0 Å². The summed E-state index contributed by atoms with van der Waals surface area (Å²) >= 11 is 5.53. The maximum Gasteiger partial charge on any atom is 0.237 e. The van der Waals surface area contributed by atoms with E-state index in [1.54, 1.807) is 17.0 Å². The molecule has 1 aromatic carbocycles. The van der Waals surface area contributed by atoms with E-state index in [9.17, 15) is 14.4 Å². The van der Waals surface area contributed by atoms with E-state index in [0.29, 0.717) is 26.2 Å². The minimum atomic E-state index is -0.413. The number of alkyl halides is 1. The number of nitrogens with zero attached hydrogens (tertiary/aromatic N) is 3. The number of nitriles is 1.